The van der Waals surface area contributed by atoms with E-state index in [9.17, 15) is 9.59 Å². The van der Waals surface area contributed by atoms with E-state index in [1.54, 1.807) is 12.3 Å². The molecular formula is C29H34N6O2. The van der Waals surface area contributed by atoms with Crippen molar-refractivity contribution < 1.29 is 9.59 Å². The SMILES string of the molecule is O=C(NC12CC3CC(CC(C3)C1)C2)c1nc(CN2CCN(C(=O)c3ccccn3)CC2)c2ccccn12. The highest BCUT2D eigenvalue weighted by atomic mass is 16.2. The minimum Gasteiger partial charge on any atom is -0.344 e. The molecule has 5 fully saturated rings. The highest BCUT2D eigenvalue weighted by Gasteiger charge is 2.51. The molecule has 0 atom stereocenters. The third-order valence-corrected chi connectivity index (χ3v) is 9.16. The van der Waals surface area contributed by atoms with Crippen LogP contribution in [-0.2, 0) is 6.54 Å². The first-order valence-corrected chi connectivity index (χ1v) is 13.8. The second kappa shape index (κ2) is 8.94. The molecule has 37 heavy (non-hydrogen) atoms. The van der Waals surface area contributed by atoms with Gasteiger partial charge < -0.3 is 10.2 Å². The maximum absolute atomic E-state index is 13.6. The molecule has 4 saturated carbocycles. The molecule has 0 unspecified atom stereocenters. The van der Waals surface area contributed by atoms with Crippen LogP contribution in [0, 0.1) is 17.8 Å². The first-order valence-electron chi connectivity index (χ1n) is 13.8. The predicted molar refractivity (Wildman–Crippen MR) is 139 cm³/mol. The van der Waals surface area contributed by atoms with Gasteiger partial charge in [0.25, 0.3) is 11.8 Å². The lowest BCUT2D eigenvalue weighted by Crippen LogP contribution is -2.60. The molecule has 1 saturated heterocycles. The predicted octanol–water partition coefficient (Wildman–Crippen LogP) is 3.39. The van der Waals surface area contributed by atoms with E-state index < -0.39 is 0 Å². The lowest BCUT2D eigenvalue weighted by molar-refractivity contribution is -0.0169. The number of imidazole rings is 1. The fourth-order valence-electron chi connectivity index (χ4n) is 7.91. The average molecular weight is 499 g/mol. The molecule has 8 nitrogen and oxygen atoms in total. The van der Waals surface area contributed by atoms with Gasteiger partial charge in [0.2, 0.25) is 5.82 Å². The second-order valence-corrected chi connectivity index (χ2v) is 11.8. The van der Waals surface area contributed by atoms with E-state index in [1.807, 2.05) is 45.8 Å². The zero-order valence-electron chi connectivity index (χ0n) is 21.2. The summed E-state index contributed by atoms with van der Waals surface area (Å²) >= 11 is 0. The summed E-state index contributed by atoms with van der Waals surface area (Å²) in [7, 11) is 0. The van der Waals surface area contributed by atoms with E-state index in [4.69, 9.17) is 4.98 Å². The molecule has 4 bridgehead atoms. The Morgan fingerprint density at radius 2 is 1.62 bits per heavy atom. The van der Waals surface area contributed by atoms with Crippen LogP contribution >= 0.6 is 0 Å². The van der Waals surface area contributed by atoms with Gasteiger partial charge in [-0.15, -0.1) is 0 Å². The van der Waals surface area contributed by atoms with Crippen molar-refractivity contribution in [2.24, 2.45) is 17.8 Å². The molecule has 8 heteroatoms. The number of fused-ring (bicyclic) bond motifs is 1. The molecule has 0 spiro atoms. The topological polar surface area (TPSA) is 82.8 Å². The molecule has 192 valence electrons. The van der Waals surface area contributed by atoms with Gasteiger partial charge in [-0.2, -0.15) is 0 Å². The van der Waals surface area contributed by atoms with Gasteiger partial charge in [0.05, 0.1) is 11.2 Å². The summed E-state index contributed by atoms with van der Waals surface area (Å²) in [6.45, 7) is 3.49. The van der Waals surface area contributed by atoms with Crippen molar-refractivity contribution in [3.05, 3.63) is 66.0 Å². The standard InChI is InChI=1S/C29H34N6O2/c36-27(32-29-16-20-13-21(17-29)15-22(14-20)18-29)26-31-24(25-6-2-4-8-35(25)26)19-33-9-11-34(12-10-33)28(37)23-5-1-3-7-30-23/h1-8,20-22H,9-19H2,(H,32,36). The fraction of sp³-hybridized carbons (Fsp3) is 0.517. The van der Waals surface area contributed by atoms with Crippen LogP contribution in [0.3, 0.4) is 0 Å². The highest BCUT2D eigenvalue weighted by Crippen LogP contribution is 2.55. The van der Waals surface area contributed by atoms with Crippen LogP contribution in [0.4, 0.5) is 0 Å². The van der Waals surface area contributed by atoms with Crippen LogP contribution in [0.5, 0.6) is 0 Å². The van der Waals surface area contributed by atoms with Gasteiger partial charge in [0, 0.05) is 50.7 Å². The van der Waals surface area contributed by atoms with Crippen LogP contribution in [0.2, 0.25) is 0 Å². The van der Waals surface area contributed by atoms with Gasteiger partial charge >= 0.3 is 0 Å². The Kier molecular flexibility index (Phi) is 5.53. The molecule has 1 N–H and O–H groups in total. The molecule has 0 radical (unpaired) electrons. The van der Waals surface area contributed by atoms with E-state index in [0.717, 1.165) is 61.3 Å². The molecule has 0 aromatic carbocycles. The number of hydrogen-bond donors (Lipinski definition) is 1. The van der Waals surface area contributed by atoms with Crippen LogP contribution < -0.4 is 5.32 Å². The molecule has 1 aliphatic heterocycles. The Hall–Kier alpha value is -3.26. The van der Waals surface area contributed by atoms with E-state index in [2.05, 4.69) is 15.2 Å². The van der Waals surface area contributed by atoms with Crippen molar-refractivity contribution in [2.75, 3.05) is 26.2 Å². The molecule has 3 aromatic rings. The number of nitrogens with one attached hydrogen (secondary N) is 1. The van der Waals surface area contributed by atoms with Crippen LogP contribution in [0.1, 0.15) is 65.3 Å². The molecular weight excluding hydrogens is 464 g/mol. The van der Waals surface area contributed by atoms with Crippen LogP contribution in [0.25, 0.3) is 5.52 Å². The van der Waals surface area contributed by atoms with E-state index >= 15 is 0 Å². The monoisotopic (exact) mass is 498 g/mol. The van der Waals surface area contributed by atoms with Gasteiger partial charge in [-0.05, 0) is 80.5 Å². The quantitative estimate of drug-likeness (QED) is 0.583. The van der Waals surface area contributed by atoms with E-state index in [-0.39, 0.29) is 17.4 Å². The average Bonchev–Trinajstić information content (AvgIpc) is 3.27. The number of nitrogens with zero attached hydrogens (tertiary/aromatic N) is 5. The largest absolute Gasteiger partial charge is 0.344 e. The third-order valence-electron chi connectivity index (χ3n) is 9.16. The Balaban J connectivity index is 1.06. The number of pyridine rings is 2. The summed E-state index contributed by atoms with van der Waals surface area (Å²) in [5.74, 6) is 2.77. The number of piperazine rings is 1. The maximum Gasteiger partial charge on any atom is 0.288 e. The smallest absolute Gasteiger partial charge is 0.288 e. The fourth-order valence-corrected chi connectivity index (χ4v) is 7.91. The van der Waals surface area contributed by atoms with Crippen molar-refractivity contribution in [3.63, 3.8) is 0 Å². The lowest BCUT2D eigenvalue weighted by Gasteiger charge is -2.56. The zero-order valence-corrected chi connectivity index (χ0v) is 21.2. The molecule has 2 amide bonds. The Labute approximate surface area is 217 Å². The minimum absolute atomic E-state index is 0.0173. The summed E-state index contributed by atoms with van der Waals surface area (Å²) in [5.41, 5.74) is 2.35. The summed E-state index contributed by atoms with van der Waals surface area (Å²) in [5, 5.41) is 3.50. The van der Waals surface area contributed by atoms with Crippen molar-refractivity contribution in [1.29, 1.82) is 0 Å². The van der Waals surface area contributed by atoms with Gasteiger partial charge in [0.1, 0.15) is 5.69 Å². The van der Waals surface area contributed by atoms with Crippen molar-refractivity contribution in [2.45, 2.75) is 50.6 Å². The highest BCUT2D eigenvalue weighted by molar-refractivity contribution is 5.93. The Bertz CT molecular complexity index is 1290. The van der Waals surface area contributed by atoms with Crippen molar-refractivity contribution in [3.8, 4) is 0 Å². The van der Waals surface area contributed by atoms with Crippen LogP contribution in [-0.4, -0.2) is 67.7 Å². The van der Waals surface area contributed by atoms with Gasteiger partial charge in [-0.3, -0.25) is 23.9 Å². The maximum atomic E-state index is 13.6. The first kappa shape index (κ1) is 22.9. The van der Waals surface area contributed by atoms with Gasteiger partial charge in [0.15, 0.2) is 0 Å². The molecule has 3 aromatic heterocycles. The van der Waals surface area contributed by atoms with E-state index in [1.165, 1.54) is 19.3 Å². The Morgan fingerprint density at radius 1 is 0.919 bits per heavy atom. The summed E-state index contributed by atoms with van der Waals surface area (Å²) in [6.07, 6.45) is 11.0. The van der Waals surface area contributed by atoms with Gasteiger partial charge in [-0.25, -0.2) is 4.98 Å². The Morgan fingerprint density at radius 3 is 2.30 bits per heavy atom. The zero-order chi connectivity index (χ0) is 25.0. The summed E-state index contributed by atoms with van der Waals surface area (Å²) in [4.78, 5) is 39.7. The van der Waals surface area contributed by atoms with Crippen molar-refractivity contribution >= 4 is 17.3 Å². The molecule has 5 aliphatic rings. The summed E-state index contributed by atoms with van der Waals surface area (Å²) in [6, 6.07) is 11.4. The number of carbonyl (C=O) groups is 2. The van der Waals surface area contributed by atoms with Crippen molar-refractivity contribution in [1.82, 2.24) is 29.5 Å². The number of rotatable bonds is 5. The first-order chi connectivity index (χ1) is 18.1. The minimum atomic E-state index is -0.0415. The number of carbonyl (C=O) groups excluding carboxylic acids is 2. The second-order valence-electron chi connectivity index (χ2n) is 11.8. The molecule has 8 rings (SSSR count). The van der Waals surface area contributed by atoms with Crippen LogP contribution in [0.15, 0.2) is 48.8 Å². The normalized spacial score (nSPS) is 29.1. The van der Waals surface area contributed by atoms with E-state index in [0.29, 0.717) is 31.2 Å². The number of aromatic nitrogens is 3. The third kappa shape index (κ3) is 4.21. The molecule has 4 aliphatic carbocycles. The number of amides is 2. The number of hydrogen-bond acceptors (Lipinski definition) is 5. The summed E-state index contributed by atoms with van der Waals surface area (Å²) < 4.78 is 1.95. The lowest BCUT2D eigenvalue weighted by atomic mass is 9.53. The van der Waals surface area contributed by atoms with Gasteiger partial charge in [-0.1, -0.05) is 12.1 Å². The molecule has 4 heterocycles.